The van der Waals surface area contributed by atoms with E-state index in [9.17, 15) is 4.79 Å². The van der Waals surface area contributed by atoms with Crippen LogP contribution in [0.1, 0.15) is 21.9 Å². The quantitative estimate of drug-likeness (QED) is 0.758. The van der Waals surface area contributed by atoms with Gasteiger partial charge in [-0.25, -0.2) is 0 Å². The smallest absolute Gasteiger partial charge is 0.202 e. The van der Waals surface area contributed by atoms with Crippen molar-refractivity contribution in [1.29, 1.82) is 0 Å². The second kappa shape index (κ2) is 4.87. The molecule has 0 amide bonds. The van der Waals surface area contributed by atoms with Crippen molar-refractivity contribution >= 4 is 5.78 Å². The number of ether oxygens (including phenoxy) is 1. The van der Waals surface area contributed by atoms with Gasteiger partial charge in [0.25, 0.3) is 0 Å². The van der Waals surface area contributed by atoms with Crippen molar-refractivity contribution in [3.63, 3.8) is 0 Å². The van der Waals surface area contributed by atoms with Crippen LogP contribution in [-0.4, -0.2) is 12.9 Å². The maximum atomic E-state index is 11.9. The summed E-state index contributed by atoms with van der Waals surface area (Å²) in [6.45, 7) is 1.82. The van der Waals surface area contributed by atoms with Gasteiger partial charge in [-0.3, -0.25) is 4.79 Å². The topological polar surface area (TPSA) is 39.4 Å². The minimum atomic E-state index is -0.0219. The third kappa shape index (κ3) is 2.75. The van der Waals surface area contributed by atoms with Gasteiger partial charge >= 0.3 is 0 Å². The molecule has 17 heavy (non-hydrogen) atoms. The lowest BCUT2D eigenvalue weighted by atomic mass is 10.1. The summed E-state index contributed by atoms with van der Waals surface area (Å²) < 4.78 is 10.4. The molecule has 0 saturated carbocycles. The Kier molecular flexibility index (Phi) is 3.28. The standard InChI is InChI=1S/C14H14O3/c1-10-6-7-14(17-10)13(15)9-11-4-3-5-12(8-11)16-2/h3-8H,9H2,1-2H3. The lowest BCUT2D eigenvalue weighted by molar-refractivity contribution is 0.0965. The highest BCUT2D eigenvalue weighted by Crippen LogP contribution is 2.15. The molecule has 1 aromatic carbocycles. The normalized spacial score (nSPS) is 10.2. The Balaban J connectivity index is 2.12. The van der Waals surface area contributed by atoms with Crippen LogP contribution in [0.2, 0.25) is 0 Å². The number of hydrogen-bond acceptors (Lipinski definition) is 3. The van der Waals surface area contributed by atoms with Gasteiger partial charge in [0.15, 0.2) is 5.76 Å². The van der Waals surface area contributed by atoms with E-state index in [0.717, 1.165) is 17.1 Å². The monoisotopic (exact) mass is 230 g/mol. The fraction of sp³-hybridized carbons (Fsp3) is 0.214. The van der Waals surface area contributed by atoms with E-state index in [1.54, 1.807) is 19.2 Å². The Morgan fingerprint density at radius 1 is 1.29 bits per heavy atom. The van der Waals surface area contributed by atoms with E-state index in [-0.39, 0.29) is 5.78 Å². The van der Waals surface area contributed by atoms with Crippen LogP contribution in [0.15, 0.2) is 40.8 Å². The number of aryl methyl sites for hydroxylation is 1. The van der Waals surface area contributed by atoms with Crippen LogP contribution in [0.25, 0.3) is 0 Å². The summed E-state index contributed by atoms with van der Waals surface area (Å²) in [7, 11) is 1.61. The number of rotatable bonds is 4. The van der Waals surface area contributed by atoms with Crippen LogP contribution < -0.4 is 4.74 Å². The zero-order chi connectivity index (χ0) is 12.3. The molecule has 0 aliphatic carbocycles. The highest BCUT2D eigenvalue weighted by molar-refractivity contribution is 5.95. The van der Waals surface area contributed by atoms with Gasteiger partial charge in [0.05, 0.1) is 7.11 Å². The number of carbonyl (C=O) groups excluding carboxylic acids is 1. The van der Waals surface area contributed by atoms with E-state index >= 15 is 0 Å². The summed E-state index contributed by atoms with van der Waals surface area (Å²) in [6.07, 6.45) is 0.324. The molecular weight excluding hydrogens is 216 g/mol. The first kappa shape index (κ1) is 11.5. The van der Waals surface area contributed by atoms with Crippen molar-refractivity contribution in [1.82, 2.24) is 0 Å². The molecule has 1 heterocycles. The van der Waals surface area contributed by atoms with Crippen LogP contribution in [-0.2, 0) is 6.42 Å². The maximum absolute atomic E-state index is 11.9. The Morgan fingerprint density at radius 3 is 2.76 bits per heavy atom. The Morgan fingerprint density at radius 2 is 2.12 bits per heavy atom. The second-order valence-electron chi connectivity index (χ2n) is 3.86. The largest absolute Gasteiger partial charge is 0.497 e. The van der Waals surface area contributed by atoms with Crippen molar-refractivity contribution in [2.75, 3.05) is 7.11 Å². The summed E-state index contributed by atoms with van der Waals surface area (Å²) in [5.74, 6) is 1.89. The number of benzene rings is 1. The van der Waals surface area contributed by atoms with E-state index in [1.807, 2.05) is 31.2 Å². The fourth-order valence-corrected chi connectivity index (χ4v) is 1.64. The zero-order valence-electron chi connectivity index (χ0n) is 9.90. The van der Waals surface area contributed by atoms with Gasteiger partial charge in [0.1, 0.15) is 11.5 Å². The van der Waals surface area contributed by atoms with Crippen LogP contribution in [0.5, 0.6) is 5.75 Å². The molecule has 0 radical (unpaired) electrons. The number of Topliss-reactive ketones (excluding diaryl/α,β-unsaturated/α-hetero) is 1. The van der Waals surface area contributed by atoms with Crippen LogP contribution >= 0.6 is 0 Å². The van der Waals surface area contributed by atoms with Crippen LogP contribution in [0, 0.1) is 6.92 Å². The average Bonchev–Trinajstić information content (AvgIpc) is 2.76. The highest BCUT2D eigenvalue weighted by Gasteiger charge is 2.11. The number of carbonyl (C=O) groups is 1. The number of hydrogen-bond donors (Lipinski definition) is 0. The summed E-state index contributed by atoms with van der Waals surface area (Å²) in [5.41, 5.74) is 0.920. The molecule has 0 saturated heterocycles. The second-order valence-corrected chi connectivity index (χ2v) is 3.86. The van der Waals surface area contributed by atoms with Gasteiger partial charge < -0.3 is 9.15 Å². The first-order valence-corrected chi connectivity index (χ1v) is 5.41. The molecular formula is C14H14O3. The Bertz CT molecular complexity index is 526. The summed E-state index contributed by atoms with van der Waals surface area (Å²) >= 11 is 0. The molecule has 0 bridgehead atoms. The van der Waals surface area contributed by atoms with Crippen molar-refractivity contribution in [3.8, 4) is 5.75 Å². The minimum absolute atomic E-state index is 0.0219. The predicted molar refractivity (Wildman–Crippen MR) is 64.5 cm³/mol. The van der Waals surface area contributed by atoms with Gasteiger partial charge in [0.2, 0.25) is 5.78 Å². The number of furan rings is 1. The minimum Gasteiger partial charge on any atom is -0.497 e. The van der Waals surface area contributed by atoms with Gasteiger partial charge in [-0.15, -0.1) is 0 Å². The third-order valence-corrected chi connectivity index (χ3v) is 2.51. The summed E-state index contributed by atoms with van der Waals surface area (Å²) in [4.78, 5) is 11.9. The summed E-state index contributed by atoms with van der Waals surface area (Å²) in [6, 6.07) is 11.0. The molecule has 0 unspecified atom stereocenters. The Labute approximate surface area is 100 Å². The molecule has 0 fully saturated rings. The molecule has 0 spiro atoms. The van der Waals surface area contributed by atoms with Crippen molar-refractivity contribution < 1.29 is 13.9 Å². The third-order valence-electron chi connectivity index (χ3n) is 2.51. The Hall–Kier alpha value is -2.03. The average molecular weight is 230 g/mol. The van der Waals surface area contributed by atoms with Gasteiger partial charge in [-0.2, -0.15) is 0 Å². The molecule has 1 aromatic heterocycles. The zero-order valence-corrected chi connectivity index (χ0v) is 9.90. The van der Waals surface area contributed by atoms with E-state index < -0.39 is 0 Å². The fourth-order valence-electron chi connectivity index (χ4n) is 1.64. The van der Waals surface area contributed by atoms with Crippen LogP contribution in [0.4, 0.5) is 0 Å². The highest BCUT2D eigenvalue weighted by atomic mass is 16.5. The maximum Gasteiger partial charge on any atom is 0.202 e. The first-order chi connectivity index (χ1) is 8.19. The van der Waals surface area contributed by atoms with E-state index in [1.165, 1.54) is 0 Å². The molecule has 2 aromatic rings. The van der Waals surface area contributed by atoms with Gasteiger partial charge in [-0.05, 0) is 36.8 Å². The van der Waals surface area contributed by atoms with Crippen molar-refractivity contribution in [3.05, 3.63) is 53.5 Å². The molecule has 88 valence electrons. The molecule has 0 N–H and O–H groups in total. The first-order valence-electron chi connectivity index (χ1n) is 5.41. The SMILES string of the molecule is COc1cccc(CC(=O)c2ccc(C)o2)c1. The van der Waals surface area contributed by atoms with Crippen LogP contribution in [0.3, 0.4) is 0 Å². The molecule has 0 aliphatic heterocycles. The lowest BCUT2D eigenvalue weighted by Crippen LogP contribution is -2.02. The molecule has 3 heteroatoms. The van der Waals surface area contributed by atoms with E-state index in [4.69, 9.17) is 9.15 Å². The number of methoxy groups -OCH3 is 1. The molecule has 0 aliphatic rings. The van der Waals surface area contributed by atoms with E-state index in [2.05, 4.69) is 0 Å². The summed E-state index contributed by atoms with van der Waals surface area (Å²) in [5, 5.41) is 0. The molecule has 0 atom stereocenters. The van der Waals surface area contributed by atoms with Crippen molar-refractivity contribution in [2.24, 2.45) is 0 Å². The molecule has 2 rings (SSSR count). The van der Waals surface area contributed by atoms with Crippen molar-refractivity contribution in [2.45, 2.75) is 13.3 Å². The van der Waals surface area contributed by atoms with E-state index in [0.29, 0.717) is 12.2 Å². The predicted octanol–water partition coefficient (Wildman–Crippen LogP) is 3.02. The number of ketones is 1. The lowest BCUT2D eigenvalue weighted by Gasteiger charge is -2.02. The van der Waals surface area contributed by atoms with Gasteiger partial charge in [0, 0.05) is 6.42 Å². The van der Waals surface area contributed by atoms with Gasteiger partial charge in [-0.1, -0.05) is 12.1 Å². The molecule has 3 nitrogen and oxygen atoms in total.